The molecule has 0 saturated carbocycles. The molecule has 2 atom stereocenters. The maximum atomic E-state index is 13.1. The molecule has 7 nitrogen and oxygen atoms in total. The summed E-state index contributed by atoms with van der Waals surface area (Å²) in [6.45, 7) is 4.56. The highest BCUT2D eigenvalue weighted by Gasteiger charge is 2.37. The number of carbonyl (C=O) groups is 1. The average Bonchev–Trinajstić information content (AvgIpc) is 3.25. The summed E-state index contributed by atoms with van der Waals surface area (Å²) in [6.07, 6.45) is 3.59. The zero-order chi connectivity index (χ0) is 23.0. The number of aromatic nitrogens is 2. The fraction of sp³-hybridized carbons (Fsp3) is 0.348. The van der Waals surface area contributed by atoms with Gasteiger partial charge in [-0.05, 0) is 31.5 Å². The molecule has 1 aromatic carbocycles. The predicted octanol–water partition coefficient (Wildman–Crippen LogP) is 3.29. The Morgan fingerprint density at radius 3 is 2.69 bits per heavy atom. The number of methoxy groups -OCH3 is 1. The molecule has 3 heterocycles. The highest BCUT2D eigenvalue weighted by atomic mass is 32.1. The number of rotatable bonds is 6. The summed E-state index contributed by atoms with van der Waals surface area (Å²) in [5.41, 5.74) is 0.529. The summed E-state index contributed by atoms with van der Waals surface area (Å²) in [4.78, 5) is 32.9. The van der Waals surface area contributed by atoms with Crippen molar-refractivity contribution in [2.45, 2.75) is 39.0 Å². The number of likely N-dealkylation sites (N-methyl/N-ethyl adjacent to an activating group) is 1. The minimum atomic E-state index is -0.624. The van der Waals surface area contributed by atoms with Crippen LogP contribution in [0, 0.1) is 5.82 Å². The largest absolute Gasteiger partial charge is 0.503 e. The van der Waals surface area contributed by atoms with Crippen molar-refractivity contribution in [2.75, 3.05) is 13.7 Å². The molecule has 3 aromatic rings. The number of amides is 1. The third-order valence-corrected chi connectivity index (χ3v) is 6.86. The first-order chi connectivity index (χ1) is 15.3. The first-order valence-electron chi connectivity index (χ1n) is 10.3. The molecule has 32 heavy (non-hydrogen) atoms. The number of carbonyl (C=O) groups excluding carboxylic acids is 1. The second-order valence-electron chi connectivity index (χ2n) is 7.76. The van der Waals surface area contributed by atoms with Crippen LogP contribution in [0.2, 0.25) is 0 Å². The van der Waals surface area contributed by atoms with Crippen LogP contribution in [-0.4, -0.2) is 51.3 Å². The lowest BCUT2D eigenvalue weighted by atomic mass is 10.0. The van der Waals surface area contributed by atoms with Crippen molar-refractivity contribution < 1.29 is 19.0 Å². The summed E-state index contributed by atoms with van der Waals surface area (Å²) >= 11 is 1.33. The van der Waals surface area contributed by atoms with E-state index in [2.05, 4.69) is 4.98 Å². The van der Waals surface area contributed by atoms with Crippen molar-refractivity contribution in [2.24, 2.45) is 0 Å². The van der Waals surface area contributed by atoms with Gasteiger partial charge in [-0.25, -0.2) is 9.37 Å². The lowest BCUT2D eigenvalue weighted by Crippen LogP contribution is -2.53. The molecule has 2 aromatic heterocycles. The minimum absolute atomic E-state index is 0.0109. The molecule has 0 unspecified atom stereocenters. The predicted molar refractivity (Wildman–Crippen MR) is 120 cm³/mol. The van der Waals surface area contributed by atoms with Crippen LogP contribution < -0.4 is 5.43 Å². The van der Waals surface area contributed by atoms with Crippen molar-refractivity contribution in [3.63, 3.8) is 0 Å². The van der Waals surface area contributed by atoms with Crippen LogP contribution in [0.4, 0.5) is 4.39 Å². The van der Waals surface area contributed by atoms with E-state index in [1.165, 1.54) is 23.5 Å². The molecule has 0 spiro atoms. The Morgan fingerprint density at radius 1 is 1.31 bits per heavy atom. The lowest BCUT2D eigenvalue weighted by molar-refractivity contribution is 0.00983. The number of thiazole rings is 1. The SMILES string of the molecule is CCN1C(=O)c2c(O)c(=O)c(-c3ncc(Cc4ccc(F)cc4)s3)cn2C[C@H]1[C@H](C)OC. The number of fused-ring (bicyclic) bond motifs is 1. The molecular weight excluding hydrogens is 433 g/mol. The van der Waals surface area contributed by atoms with Gasteiger partial charge in [-0.1, -0.05) is 12.1 Å². The maximum absolute atomic E-state index is 13.1. The average molecular weight is 458 g/mol. The van der Waals surface area contributed by atoms with Crippen LogP contribution in [0.25, 0.3) is 10.6 Å². The van der Waals surface area contributed by atoms with E-state index in [9.17, 15) is 19.1 Å². The van der Waals surface area contributed by atoms with E-state index in [1.807, 2.05) is 13.8 Å². The second-order valence-corrected chi connectivity index (χ2v) is 8.87. The van der Waals surface area contributed by atoms with Crippen LogP contribution in [0.15, 0.2) is 41.5 Å². The fourth-order valence-corrected chi connectivity index (χ4v) is 4.96. The molecule has 1 N–H and O–H groups in total. The number of halogens is 1. The molecule has 0 radical (unpaired) electrons. The molecule has 1 amide bonds. The molecule has 4 rings (SSSR count). The molecule has 0 saturated heterocycles. The van der Waals surface area contributed by atoms with E-state index in [0.717, 1.165) is 10.4 Å². The number of aromatic hydroxyl groups is 1. The fourth-order valence-electron chi connectivity index (χ4n) is 4.01. The van der Waals surface area contributed by atoms with Crippen molar-refractivity contribution in [1.29, 1.82) is 0 Å². The van der Waals surface area contributed by atoms with E-state index in [0.29, 0.717) is 24.5 Å². The standard InChI is InChI=1S/C23H24FN3O4S/c1-4-27-18(13(2)31-3)12-26-11-17(20(28)21(29)19(26)23(27)30)22-25-10-16(32-22)9-14-5-7-15(24)8-6-14/h5-8,10-11,13,18,29H,4,9,12H2,1-3H3/t13-,18-/m0/s1. The first-order valence-corrected chi connectivity index (χ1v) is 11.1. The monoisotopic (exact) mass is 457 g/mol. The minimum Gasteiger partial charge on any atom is -0.503 e. The van der Waals surface area contributed by atoms with E-state index < -0.39 is 17.1 Å². The van der Waals surface area contributed by atoms with Gasteiger partial charge in [-0.2, -0.15) is 0 Å². The van der Waals surface area contributed by atoms with Gasteiger partial charge in [-0.3, -0.25) is 9.59 Å². The smallest absolute Gasteiger partial charge is 0.274 e. The number of benzene rings is 1. The summed E-state index contributed by atoms with van der Waals surface area (Å²) in [5.74, 6) is -1.26. The molecule has 1 aliphatic rings. The molecular formula is C23H24FN3O4S. The maximum Gasteiger partial charge on any atom is 0.274 e. The number of pyridine rings is 1. The topological polar surface area (TPSA) is 84.7 Å². The molecule has 9 heteroatoms. The van der Waals surface area contributed by atoms with E-state index in [4.69, 9.17) is 4.74 Å². The van der Waals surface area contributed by atoms with Gasteiger partial charge in [0.15, 0.2) is 11.4 Å². The Hall–Kier alpha value is -3.04. The van der Waals surface area contributed by atoms with Crippen LogP contribution in [0.3, 0.4) is 0 Å². The van der Waals surface area contributed by atoms with Gasteiger partial charge in [0.05, 0.1) is 17.7 Å². The summed E-state index contributed by atoms with van der Waals surface area (Å²) in [7, 11) is 1.59. The molecule has 168 valence electrons. The molecule has 0 fully saturated rings. The number of ether oxygens (including phenoxy) is 1. The lowest BCUT2D eigenvalue weighted by Gasteiger charge is -2.39. The van der Waals surface area contributed by atoms with Crippen LogP contribution in [-0.2, 0) is 17.7 Å². The zero-order valence-corrected chi connectivity index (χ0v) is 18.9. The summed E-state index contributed by atoms with van der Waals surface area (Å²) in [5, 5.41) is 11.1. The third-order valence-electron chi connectivity index (χ3n) is 5.83. The Balaban J connectivity index is 1.71. The van der Waals surface area contributed by atoms with Gasteiger partial charge in [0.2, 0.25) is 5.43 Å². The van der Waals surface area contributed by atoms with Gasteiger partial charge >= 0.3 is 0 Å². The molecule has 0 aliphatic carbocycles. The van der Waals surface area contributed by atoms with Crippen molar-refractivity contribution in [1.82, 2.24) is 14.5 Å². The quantitative estimate of drug-likeness (QED) is 0.614. The number of hydrogen-bond acceptors (Lipinski definition) is 6. The van der Waals surface area contributed by atoms with Crippen LogP contribution >= 0.6 is 11.3 Å². The Morgan fingerprint density at radius 2 is 2.03 bits per heavy atom. The normalized spacial score (nSPS) is 16.8. The Labute approximate surface area is 188 Å². The second kappa shape index (κ2) is 8.84. The van der Waals surface area contributed by atoms with Crippen molar-refractivity contribution >= 4 is 17.2 Å². The van der Waals surface area contributed by atoms with E-state index in [-0.39, 0.29) is 29.2 Å². The van der Waals surface area contributed by atoms with Crippen molar-refractivity contribution in [3.05, 3.63) is 68.8 Å². The Bertz CT molecular complexity index is 1200. The van der Waals surface area contributed by atoms with Gasteiger partial charge < -0.3 is 19.3 Å². The number of nitrogens with zero attached hydrogens (tertiary/aromatic N) is 3. The zero-order valence-electron chi connectivity index (χ0n) is 18.0. The third kappa shape index (κ3) is 3.93. The Kier molecular flexibility index (Phi) is 6.12. The van der Waals surface area contributed by atoms with Gasteiger partial charge in [-0.15, -0.1) is 11.3 Å². The first kappa shape index (κ1) is 22.2. The highest BCUT2D eigenvalue weighted by molar-refractivity contribution is 7.15. The highest BCUT2D eigenvalue weighted by Crippen LogP contribution is 2.30. The van der Waals surface area contributed by atoms with Crippen LogP contribution in [0.1, 0.15) is 34.8 Å². The van der Waals surface area contributed by atoms with E-state index in [1.54, 1.807) is 41.1 Å². The van der Waals surface area contributed by atoms with Gasteiger partial charge in [0, 0.05) is 43.9 Å². The number of hydrogen-bond donors (Lipinski definition) is 1. The van der Waals surface area contributed by atoms with Gasteiger partial charge in [0.1, 0.15) is 10.8 Å². The molecule has 0 bridgehead atoms. The van der Waals surface area contributed by atoms with Gasteiger partial charge in [0.25, 0.3) is 5.91 Å². The molecule has 1 aliphatic heterocycles. The van der Waals surface area contributed by atoms with Crippen molar-refractivity contribution in [3.8, 4) is 16.3 Å². The summed E-state index contributed by atoms with van der Waals surface area (Å²) < 4.78 is 20.2. The van der Waals surface area contributed by atoms with Crippen LogP contribution in [0.5, 0.6) is 5.75 Å². The summed E-state index contributed by atoms with van der Waals surface area (Å²) in [6, 6.07) is 5.98. The van der Waals surface area contributed by atoms with E-state index >= 15 is 0 Å².